The molecule has 3 fully saturated rings. The highest BCUT2D eigenvalue weighted by atomic mass is 16.6. The summed E-state index contributed by atoms with van der Waals surface area (Å²) in [4.78, 5) is 0. The molecule has 2 saturated heterocycles. The second-order valence-corrected chi connectivity index (χ2v) is 7.37. The maximum Gasteiger partial charge on any atom is 0.101 e. The van der Waals surface area contributed by atoms with Gasteiger partial charge in [-0.1, -0.05) is 11.6 Å². The molecule has 2 aliphatic heterocycles. The first kappa shape index (κ1) is 16.4. The average Bonchev–Trinajstić information content (AvgIpc) is 3.37. The first-order valence-electron chi connectivity index (χ1n) is 8.56. The van der Waals surface area contributed by atoms with Crippen LogP contribution in [0.2, 0.25) is 0 Å². The minimum absolute atomic E-state index is 0.0389. The van der Waals surface area contributed by atoms with Gasteiger partial charge in [0.05, 0.1) is 36.4 Å². The van der Waals surface area contributed by atoms with Crippen molar-refractivity contribution in [2.45, 2.75) is 76.5 Å². The summed E-state index contributed by atoms with van der Waals surface area (Å²) in [7, 11) is 1.79. The molecule has 0 N–H and O–H groups in total. The molecule has 1 spiro atoms. The molecule has 3 rings (SSSR count). The molecule has 4 nitrogen and oxygen atoms in total. The Labute approximate surface area is 134 Å². The largest absolute Gasteiger partial charge is 0.378 e. The van der Waals surface area contributed by atoms with Gasteiger partial charge in [0.1, 0.15) is 5.60 Å². The monoisotopic (exact) mass is 310 g/mol. The highest BCUT2D eigenvalue weighted by Gasteiger charge is 2.71. The summed E-state index contributed by atoms with van der Waals surface area (Å²) in [6.45, 7) is 10.1. The molecule has 0 aromatic rings. The third-order valence-corrected chi connectivity index (χ3v) is 5.62. The van der Waals surface area contributed by atoms with E-state index in [1.807, 2.05) is 6.92 Å². The Morgan fingerprint density at radius 3 is 2.64 bits per heavy atom. The standard InChI is InChI=1S/C18H30O4/c1-6-20-13-9-10-18(11-21-18)16(15(13)19-5)17(4)14(22-17)8-7-12(2)3/h7,13-16H,6,8-11H2,1-5H3/t13?,14-,15?,16?,17+,18+/m1/s1. The number of rotatable bonds is 6. The van der Waals surface area contributed by atoms with E-state index < -0.39 is 0 Å². The Bertz CT molecular complexity index is 438. The molecule has 3 aliphatic rings. The van der Waals surface area contributed by atoms with Gasteiger partial charge in [0, 0.05) is 13.7 Å². The number of ether oxygens (including phenoxy) is 4. The predicted molar refractivity (Wildman–Crippen MR) is 84.9 cm³/mol. The maximum atomic E-state index is 6.17. The molecule has 0 amide bonds. The summed E-state index contributed by atoms with van der Waals surface area (Å²) in [6, 6.07) is 0. The van der Waals surface area contributed by atoms with E-state index in [2.05, 4.69) is 26.8 Å². The van der Waals surface area contributed by atoms with E-state index in [-0.39, 0.29) is 35.4 Å². The van der Waals surface area contributed by atoms with E-state index in [1.54, 1.807) is 7.11 Å². The summed E-state index contributed by atoms with van der Waals surface area (Å²) < 4.78 is 23.9. The van der Waals surface area contributed by atoms with Gasteiger partial charge in [-0.15, -0.1) is 0 Å². The molecule has 0 aromatic carbocycles. The van der Waals surface area contributed by atoms with Gasteiger partial charge in [0.25, 0.3) is 0 Å². The van der Waals surface area contributed by atoms with E-state index in [9.17, 15) is 0 Å². The molecule has 0 aromatic heterocycles. The predicted octanol–water partition coefficient (Wildman–Crippen LogP) is 3.10. The second-order valence-electron chi connectivity index (χ2n) is 7.37. The van der Waals surface area contributed by atoms with Gasteiger partial charge in [0.2, 0.25) is 0 Å². The minimum Gasteiger partial charge on any atom is -0.378 e. The van der Waals surface area contributed by atoms with E-state index in [0.29, 0.717) is 0 Å². The van der Waals surface area contributed by atoms with Gasteiger partial charge in [-0.05, 0) is 47.0 Å². The van der Waals surface area contributed by atoms with Crippen molar-refractivity contribution in [2.24, 2.45) is 5.92 Å². The Morgan fingerprint density at radius 2 is 2.09 bits per heavy atom. The van der Waals surface area contributed by atoms with E-state index >= 15 is 0 Å². The molecule has 22 heavy (non-hydrogen) atoms. The lowest BCUT2D eigenvalue weighted by Crippen LogP contribution is -2.55. The molecule has 6 atom stereocenters. The Kier molecular flexibility index (Phi) is 4.41. The van der Waals surface area contributed by atoms with Crippen molar-refractivity contribution in [2.75, 3.05) is 20.3 Å². The average molecular weight is 310 g/mol. The molecular weight excluding hydrogens is 280 g/mol. The van der Waals surface area contributed by atoms with Crippen LogP contribution in [0, 0.1) is 5.92 Å². The number of epoxide rings is 2. The highest BCUT2D eigenvalue weighted by Crippen LogP contribution is 2.59. The fourth-order valence-electron chi connectivity index (χ4n) is 4.34. The van der Waals surface area contributed by atoms with Crippen LogP contribution in [0.3, 0.4) is 0 Å². The molecule has 1 saturated carbocycles. The zero-order valence-corrected chi connectivity index (χ0v) is 14.6. The summed E-state index contributed by atoms with van der Waals surface area (Å²) in [5.74, 6) is 0.255. The van der Waals surface area contributed by atoms with Crippen LogP contribution in [-0.4, -0.2) is 49.8 Å². The molecule has 2 heterocycles. The molecule has 0 bridgehead atoms. The normalized spacial score (nSPS) is 46.6. The molecule has 3 unspecified atom stereocenters. The number of allylic oxidation sites excluding steroid dienone is 1. The number of hydrogen-bond acceptors (Lipinski definition) is 4. The first-order chi connectivity index (χ1) is 10.5. The van der Waals surface area contributed by atoms with Crippen molar-refractivity contribution < 1.29 is 18.9 Å². The van der Waals surface area contributed by atoms with Crippen molar-refractivity contribution >= 4 is 0 Å². The van der Waals surface area contributed by atoms with Gasteiger partial charge in [-0.2, -0.15) is 0 Å². The van der Waals surface area contributed by atoms with Crippen LogP contribution >= 0.6 is 0 Å². The van der Waals surface area contributed by atoms with Gasteiger partial charge >= 0.3 is 0 Å². The van der Waals surface area contributed by atoms with E-state index in [0.717, 1.165) is 32.5 Å². The van der Waals surface area contributed by atoms with Crippen LogP contribution < -0.4 is 0 Å². The zero-order valence-electron chi connectivity index (χ0n) is 14.6. The van der Waals surface area contributed by atoms with Crippen LogP contribution in [0.25, 0.3) is 0 Å². The van der Waals surface area contributed by atoms with Gasteiger partial charge in [-0.3, -0.25) is 0 Å². The highest BCUT2D eigenvalue weighted by molar-refractivity contribution is 5.20. The van der Waals surface area contributed by atoms with Crippen LogP contribution in [0.4, 0.5) is 0 Å². The van der Waals surface area contributed by atoms with Crippen LogP contribution in [0.1, 0.15) is 47.0 Å². The lowest BCUT2D eigenvalue weighted by Gasteiger charge is -2.43. The van der Waals surface area contributed by atoms with Gasteiger partial charge in [0.15, 0.2) is 0 Å². The van der Waals surface area contributed by atoms with Crippen molar-refractivity contribution in [3.05, 3.63) is 11.6 Å². The fourth-order valence-corrected chi connectivity index (χ4v) is 4.34. The Balaban J connectivity index is 1.78. The van der Waals surface area contributed by atoms with Crippen LogP contribution in [0.5, 0.6) is 0 Å². The Hall–Kier alpha value is -0.420. The number of methoxy groups -OCH3 is 1. The van der Waals surface area contributed by atoms with Crippen molar-refractivity contribution in [3.8, 4) is 0 Å². The maximum absolute atomic E-state index is 6.17. The summed E-state index contributed by atoms with van der Waals surface area (Å²) in [6.07, 6.45) is 5.78. The van der Waals surface area contributed by atoms with E-state index in [4.69, 9.17) is 18.9 Å². The van der Waals surface area contributed by atoms with Crippen molar-refractivity contribution in [3.63, 3.8) is 0 Å². The first-order valence-corrected chi connectivity index (χ1v) is 8.56. The third-order valence-electron chi connectivity index (χ3n) is 5.62. The topological polar surface area (TPSA) is 43.5 Å². The van der Waals surface area contributed by atoms with Crippen molar-refractivity contribution in [1.29, 1.82) is 0 Å². The van der Waals surface area contributed by atoms with Gasteiger partial charge < -0.3 is 18.9 Å². The quantitative estimate of drug-likeness (QED) is 0.558. The fraction of sp³-hybridized carbons (Fsp3) is 0.889. The third kappa shape index (κ3) is 2.75. The van der Waals surface area contributed by atoms with E-state index in [1.165, 1.54) is 5.57 Å². The molecule has 0 radical (unpaired) electrons. The summed E-state index contributed by atoms with van der Waals surface area (Å²) in [5, 5.41) is 0. The van der Waals surface area contributed by atoms with Gasteiger partial charge in [-0.25, -0.2) is 0 Å². The summed E-state index contributed by atoms with van der Waals surface area (Å²) >= 11 is 0. The lowest BCUT2D eigenvalue weighted by molar-refractivity contribution is -0.136. The lowest BCUT2D eigenvalue weighted by atomic mass is 9.68. The smallest absolute Gasteiger partial charge is 0.101 e. The van der Waals surface area contributed by atoms with Crippen molar-refractivity contribution in [1.82, 2.24) is 0 Å². The van der Waals surface area contributed by atoms with Crippen LogP contribution in [-0.2, 0) is 18.9 Å². The number of hydrogen-bond donors (Lipinski definition) is 0. The molecule has 126 valence electrons. The SMILES string of the molecule is CCOC1CC[C@]2(CO2)C([C@@]2(C)O[C@@H]2CC=C(C)C)C1OC. The Morgan fingerprint density at radius 1 is 1.36 bits per heavy atom. The molecule has 1 aliphatic carbocycles. The summed E-state index contributed by atoms with van der Waals surface area (Å²) in [5.41, 5.74) is 1.15. The minimum atomic E-state index is -0.154. The molecular formula is C18H30O4. The van der Waals surface area contributed by atoms with Crippen LogP contribution in [0.15, 0.2) is 11.6 Å². The zero-order chi connectivity index (χ0) is 16.0. The molecule has 4 heteroatoms. The second kappa shape index (κ2) is 5.90.